The van der Waals surface area contributed by atoms with Crippen molar-refractivity contribution in [3.63, 3.8) is 0 Å². The van der Waals surface area contributed by atoms with Gasteiger partial charge in [0.2, 0.25) is 0 Å². The summed E-state index contributed by atoms with van der Waals surface area (Å²) in [6.45, 7) is 0. The summed E-state index contributed by atoms with van der Waals surface area (Å²) >= 11 is 0. The second-order valence-electron chi connectivity index (χ2n) is 4.87. The van der Waals surface area contributed by atoms with Crippen LogP contribution in [0.25, 0.3) is 10.8 Å². The van der Waals surface area contributed by atoms with Crippen LogP contribution >= 0.6 is 0 Å². The minimum Gasteiger partial charge on any atom is -0.490 e. The Morgan fingerprint density at radius 3 is 2.63 bits per heavy atom. The zero-order chi connectivity index (χ0) is 13.2. The fraction of sp³-hybridized carbons (Fsp3) is 0.267. The molecular weight excluding hydrogens is 242 g/mol. The van der Waals surface area contributed by atoms with E-state index in [0.717, 1.165) is 24.0 Å². The lowest BCUT2D eigenvalue weighted by Gasteiger charge is -2.35. The number of carbonyl (C=O) groups is 1. The summed E-state index contributed by atoms with van der Waals surface area (Å²) in [6.07, 6.45) is 0.616. The van der Waals surface area contributed by atoms with Gasteiger partial charge < -0.3 is 15.2 Å². The van der Waals surface area contributed by atoms with Crippen LogP contribution in [-0.4, -0.2) is 23.3 Å². The lowest BCUT2D eigenvalue weighted by molar-refractivity contribution is 0.0835. The van der Waals surface area contributed by atoms with E-state index in [2.05, 4.69) is 17.4 Å². The van der Waals surface area contributed by atoms with Crippen molar-refractivity contribution in [3.8, 4) is 5.75 Å². The number of carboxylic acid groups (broad SMARTS) is 1. The molecule has 0 radical (unpaired) electrons. The molecule has 19 heavy (non-hydrogen) atoms. The largest absolute Gasteiger partial charge is 0.490 e. The molecule has 3 rings (SSSR count). The van der Waals surface area contributed by atoms with Gasteiger partial charge in [0.25, 0.3) is 0 Å². The molecule has 0 unspecified atom stereocenters. The molecule has 0 bridgehead atoms. The first-order chi connectivity index (χ1) is 9.20. The van der Waals surface area contributed by atoms with E-state index in [9.17, 15) is 4.79 Å². The van der Waals surface area contributed by atoms with Crippen molar-refractivity contribution in [2.75, 3.05) is 0 Å². The molecule has 0 heterocycles. The maximum absolute atomic E-state index is 10.5. The molecule has 2 aromatic rings. The highest BCUT2D eigenvalue weighted by Crippen LogP contribution is 2.28. The van der Waals surface area contributed by atoms with E-state index in [4.69, 9.17) is 9.84 Å². The van der Waals surface area contributed by atoms with Gasteiger partial charge in [0, 0.05) is 18.9 Å². The monoisotopic (exact) mass is 257 g/mol. The van der Waals surface area contributed by atoms with Crippen molar-refractivity contribution < 1.29 is 14.6 Å². The molecule has 98 valence electrons. The molecule has 0 aliphatic heterocycles. The topological polar surface area (TPSA) is 58.6 Å². The maximum atomic E-state index is 10.5. The van der Waals surface area contributed by atoms with E-state index in [1.54, 1.807) is 0 Å². The molecule has 1 aliphatic carbocycles. The fourth-order valence-electron chi connectivity index (χ4n) is 2.39. The summed E-state index contributed by atoms with van der Waals surface area (Å²) in [7, 11) is 0. The lowest BCUT2D eigenvalue weighted by atomic mass is 9.89. The smallest absolute Gasteiger partial charge is 0.404 e. The van der Waals surface area contributed by atoms with Crippen LogP contribution in [0.3, 0.4) is 0 Å². The highest BCUT2D eigenvalue weighted by molar-refractivity contribution is 5.83. The third kappa shape index (κ3) is 2.62. The zero-order valence-corrected chi connectivity index (χ0v) is 10.4. The van der Waals surface area contributed by atoms with Crippen molar-refractivity contribution in [2.24, 2.45) is 0 Å². The molecule has 1 amide bonds. The predicted octanol–water partition coefficient (Wildman–Crippen LogP) is 3.02. The normalized spacial score (nSPS) is 21.7. The Bertz CT molecular complexity index is 605. The van der Waals surface area contributed by atoms with Crippen molar-refractivity contribution in [2.45, 2.75) is 25.0 Å². The van der Waals surface area contributed by atoms with E-state index in [1.807, 2.05) is 30.3 Å². The third-order valence-electron chi connectivity index (χ3n) is 3.45. The summed E-state index contributed by atoms with van der Waals surface area (Å²) in [5.74, 6) is 0.845. The van der Waals surface area contributed by atoms with Gasteiger partial charge in [-0.1, -0.05) is 30.3 Å². The Hall–Kier alpha value is -2.23. The molecule has 0 spiro atoms. The summed E-state index contributed by atoms with van der Waals surface area (Å²) in [5, 5.41) is 13.4. The number of nitrogens with one attached hydrogen (secondary N) is 1. The van der Waals surface area contributed by atoms with Crippen molar-refractivity contribution >= 4 is 16.9 Å². The van der Waals surface area contributed by atoms with Crippen LogP contribution < -0.4 is 10.1 Å². The summed E-state index contributed by atoms with van der Waals surface area (Å²) in [4.78, 5) is 10.5. The van der Waals surface area contributed by atoms with Crippen molar-refractivity contribution in [1.29, 1.82) is 0 Å². The van der Waals surface area contributed by atoms with E-state index < -0.39 is 6.09 Å². The van der Waals surface area contributed by atoms with Gasteiger partial charge in [-0.05, 0) is 22.9 Å². The number of fused-ring (bicyclic) bond motifs is 1. The SMILES string of the molecule is O=C(O)NC1CC(Oc2ccc3ccccc3c2)C1. The molecule has 0 saturated heterocycles. The van der Waals surface area contributed by atoms with Gasteiger partial charge >= 0.3 is 6.09 Å². The maximum Gasteiger partial charge on any atom is 0.404 e. The number of amides is 1. The minimum atomic E-state index is -0.964. The van der Waals surface area contributed by atoms with E-state index in [0.29, 0.717) is 0 Å². The van der Waals surface area contributed by atoms with Gasteiger partial charge in [-0.2, -0.15) is 0 Å². The Morgan fingerprint density at radius 1 is 1.16 bits per heavy atom. The van der Waals surface area contributed by atoms with Crippen LogP contribution in [0.2, 0.25) is 0 Å². The molecule has 0 atom stereocenters. The number of rotatable bonds is 3. The van der Waals surface area contributed by atoms with Gasteiger partial charge in [0.15, 0.2) is 0 Å². The number of hydrogen-bond acceptors (Lipinski definition) is 2. The second-order valence-corrected chi connectivity index (χ2v) is 4.87. The Balaban J connectivity index is 1.62. The lowest BCUT2D eigenvalue weighted by Crippen LogP contribution is -2.48. The first-order valence-electron chi connectivity index (χ1n) is 6.35. The van der Waals surface area contributed by atoms with Gasteiger partial charge in [-0.15, -0.1) is 0 Å². The molecule has 1 fully saturated rings. The van der Waals surface area contributed by atoms with E-state index in [1.165, 1.54) is 5.39 Å². The van der Waals surface area contributed by atoms with E-state index in [-0.39, 0.29) is 12.1 Å². The molecule has 1 aliphatic rings. The second kappa shape index (κ2) is 4.80. The minimum absolute atomic E-state index is 0.0305. The average Bonchev–Trinajstić information content (AvgIpc) is 2.35. The first-order valence-corrected chi connectivity index (χ1v) is 6.35. The molecule has 2 aromatic carbocycles. The standard InChI is InChI=1S/C15H15NO3/c17-15(18)16-12-8-14(9-12)19-13-6-5-10-3-1-2-4-11(10)7-13/h1-7,12,14,16H,8-9H2,(H,17,18). The average molecular weight is 257 g/mol. The van der Waals surface area contributed by atoms with E-state index >= 15 is 0 Å². The molecule has 2 N–H and O–H groups in total. The number of benzene rings is 2. The number of hydrogen-bond donors (Lipinski definition) is 2. The summed E-state index contributed by atoms with van der Waals surface area (Å²) in [5.41, 5.74) is 0. The predicted molar refractivity (Wildman–Crippen MR) is 72.5 cm³/mol. The highest BCUT2D eigenvalue weighted by atomic mass is 16.5. The third-order valence-corrected chi connectivity index (χ3v) is 3.45. The van der Waals surface area contributed by atoms with Crippen LogP contribution in [0.15, 0.2) is 42.5 Å². The highest BCUT2D eigenvalue weighted by Gasteiger charge is 2.31. The Morgan fingerprint density at radius 2 is 1.89 bits per heavy atom. The van der Waals surface area contributed by atoms with Gasteiger partial charge in [-0.3, -0.25) is 0 Å². The van der Waals surface area contributed by atoms with Crippen LogP contribution in [0.4, 0.5) is 4.79 Å². The quantitative estimate of drug-likeness (QED) is 0.888. The van der Waals surface area contributed by atoms with Crippen LogP contribution in [0, 0.1) is 0 Å². The Kier molecular flexibility index (Phi) is 2.99. The fourth-order valence-corrected chi connectivity index (χ4v) is 2.39. The van der Waals surface area contributed by atoms with Gasteiger partial charge in [0.1, 0.15) is 11.9 Å². The molecule has 1 saturated carbocycles. The zero-order valence-electron chi connectivity index (χ0n) is 10.4. The van der Waals surface area contributed by atoms with Gasteiger partial charge in [-0.25, -0.2) is 4.79 Å². The molecule has 0 aromatic heterocycles. The van der Waals surface area contributed by atoms with Crippen LogP contribution in [-0.2, 0) is 0 Å². The molecular formula is C15H15NO3. The first kappa shape index (κ1) is 11.8. The number of ether oxygens (including phenoxy) is 1. The van der Waals surface area contributed by atoms with Gasteiger partial charge in [0.05, 0.1) is 0 Å². The van der Waals surface area contributed by atoms with Crippen molar-refractivity contribution in [3.05, 3.63) is 42.5 Å². The molecule has 4 heteroatoms. The molecule has 4 nitrogen and oxygen atoms in total. The van der Waals surface area contributed by atoms with Crippen molar-refractivity contribution in [1.82, 2.24) is 5.32 Å². The summed E-state index contributed by atoms with van der Waals surface area (Å²) in [6, 6.07) is 14.2. The summed E-state index contributed by atoms with van der Waals surface area (Å²) < 4.78 is 5.84. The van der Waals surface area contributed by atoms with Crippen LogP contribution in [0.5, 0.6) is 5.75 Å². The Labute approximate surface area is 111 Å². The van der Waals surface area contributed by atoms with Crippen LogP contribution in [0.1, 0.15) is 12.8 Å².